The molecule has 3 aliphatic rings. The molecule has 3 atom stereocenters. The van der Waals surface area contributed by atoms with Crippen molar-refractivity contribution in [3.05, 3.63) is 54.1 Å². The summed E-state index contributed by atoms with van der Waals surface area (Å²) >= 11 is 3.49. The van der Waals surface area contributed by atoms with Gasteiger partial charge in [0.05, 0.1) is 5.92 Å². The predicted molar refractivity (Wildman–Crippen MR) is 119 cm³/mol. The summed E-state index contributed by atoms with van der Waals surface area (Å²) in [4.78, 5) is 32.3. The van der Waals surface area contributed by atoms with Gasteiger partial charge in [-0.25, -0.2) is 0 Å². The van der Waals surface area contributed by atoms with Gasteiger partial charge in [-0.15, -0.1) is 23.5 Å². The van der Waals surface area contributed by atoms with Gasteiger partial charge in [0, 0.05) is 46.6 Å². The molecule has 2 aromatic carbocycles. The average Bonchev–Trinajstić information content (AvgIpc) is 3.38. The lowest BCUT2D eigenvalue weighted by Crippen LogP contribution is -2.54. The first-order valence-electron chi connectivity index (χ1n) is 9.74. The SMILES string of the molecule is CSc1cccc(NC(=O)C2CC3CSCN3C23C(=O)N(C)c2ccccc23)c1. The molecule has 2 aromatic rings. The van der Waals surface area contributed by atoms with Crippen molar-refractivity contribution in [2.24, 2.45) is 5.92 Å². The fourth-order valence-electron chi connectivity index (χ4n) is 5.12. The molecule has 0 aliphatic carbocycles. The average molecular weight is 426 g/mol. The second-order valence-electron chi connectivity index (χ2n) is 7.78. The van der Waals surface area contributed by atoms with Gasteiger partial charge in [-0.05, 0) is 36.9 Å². The highest BCUT2D eigenvalue weighted by Crippen LogP contribution is 2.57. The number of nitrogens with zero attached hydrogens (tertiary/aromatic N) is 2. The lowest BCUT2D eigenvalue weighted by Gasteiger charge is -2.36. The largest absolute Gasteiger partial charge is 0.326 e. The Bertz CT molecular complexity index is 998. The summed E-state index contributed by atoms with van der Waals surface area (Å²) in [6, 6.07) is 16.0. The van der Waals surface area contributed by atoms with Gasteiger partial charge in [-0.2, -0.15) is 0 Å². The molecule has 5 nitrogen and oxygen atoms in total. The Kier molecular flexibility index (Phi) is 4.64. The van der Waals surface area contributed by atoms with E-state index in [1.54, 1.807) is 16.7 Å². The Morgan fingerprint density at radius 1 is 1.24 bits per heavy atom. The molecule has 3 heterocycles. The zero-order valence-electron chi connectivity index (χ0n) is 16.4. The standard InChI is InChI=1S/C22H23N3O2S2/c1-24-19-9-4-3-8-17(19)22(21(24)27)18(11-15-12-29-13-25(15)22)20(26)23-14-6-5-7-16(10-14)28-2/h3-10,15,18H,11-13H2,1-2H3,(H,23,26). The van der Waals surface area contributed by atoms with Crippen molar-refractivity contribution in [2.45, 2.75) is 22.9 Å². The Morgan fingerprint density at radius 2 is 2.07 bits per heavy atom. The third-order valence-corrected chi connectivity index (χ3v) is 8.21. The van der Waals surface area contributed by atoms with Gasteiger partial charge in [0.15, 0.2) is 0 Å². The fraction of sp³-hybridized carbons (Fsp3) is 0.364. The maximum Gasteiger partial charge on any atom is 0.252 e. The first kappa shape index (κ1) is 19.0. The molecule has 3 unspecified atom stereocenters. The molecular weight excluding hydrogens is 402 g/mol. The van der Waals surface area contributed by atoms with Crippen LogP contribution in [0.15, 0.2) is 53.4 Å². The van der Waals surface area contributed by atoms with E-state index >= 15 is 0 Å². The molecule has 3 aliphatic heterocycles. The molecule has 0 radical (unpaired) electrons. The summed E-state index contributed by atoms with van der Waals surface area (Å²) in [5.74, 6) is 1.28. The van der Waals surface area contributed by atoms with Crippen molar-refractivity contribution in [1.82, 2.24) is 4.90 Å². The molecular formula is C22H23N3O2S2. The van der Waals surface area contributed by atoms with E-state index in [9.17, 15) is 9.59 Å². The molecule has 29 heavy (non-hydrogen) atoms. The topological polar surface area (TPSA) is 52.7 Å². The molecule has 0 bridgehead atoms. The molecule has 2 fully saturated rings. The number of carbonyl (C=O) groups is 2. The van der Waals surface area contributed by atoms with Crippen molar-refractivity contribution in [2.75, 3.05) is 35.1 Å². The third kappa shape index (κ3) is 2.67. The maximum atomic E-state index is 13.7. The normalized spacial score (nSPS) is 28.1. The number of para-hydroxylation sites is 1. The Balaban J connectivity index is 1.57. The number of likely N-dealkylation sites (N-methyl/N-ethyl adjacent to an activating group) is 1. The van der Waals surface area contributed by atoms with Crippen molar-refractivity contribution in [3.8, 4) is 0 Å². The van der Waals surface area contributed by atoms with Gasteiger partial charge in [-0.3, -0.25) is 14.5 Å². The molecule has 0 saturated carbocycles. The van der Waals surface area contributed by atoms with E-state index in [0.29, 0.717) is 6.42 Å². The third-order valence-electron chi connectivity index (χ3n) is 6.41. The van der Waals surface area contributed by atoms with Crippen LogP contribution in [0.5, 0.6) is 0 Å². The predicted octanol–water partition coefficient (Wildman–Crippen LogP) is 3.61. The monoisotopic (exact) mass is 425 g/mol. The van der Waals surface area contributed by atoms with E-state index in [0.717, 1.165) is 33.5 Å². The molecule has 1 spiro atoms. The minimum Gasteiger partial charge on any atom is -0.326 e. The summed E-state index contributed by atoms with van der Waals surface area (Å²) in [5, 5.41) is 3.11. The molecule has 150 valence electrons. The van der Waals surface area contributed by atoms with Crippen LogP contribution in [-0.2, 0) is 15.1 Å². The number of carbonyl (C=O) groups excluding carboxylic acids is 2. The number of fused-ring (bicyclic) bond motifs is 4. The highest BCUT2D eigenvalue weighted by molar-refractivity contribution is 7.99. The lowest BCUT2D eigenvalue weighted by molar-refractivity contribution is -0.136. The van der Waals surface area contributed by atoms with Gasteiger partial charge < -0.3 is 10.2 Å². The number of benzene rings is 2. The minimum atomic E-state index is -0.902. The first-order chi connectivity index (χ1) is 14.1. The van der Waals surface area contributed by atoms with Crippen LogP contribution in [0.1, 0.15) is 12.0 Å². The Labute approximate surface area is 179 Å². The number of rotatable bonds is 3. The zero-order valence-corrected chi connectivity index (χ0v) is 18.1. The number of amides is 2. The van der Waals surface area contributed by atoms with E-state index in [1.807, 2.05) is 73.6 Å². The van der Waals surface area contributed by atoms with Crippen LogP contribution in [0, 0.1) is 5.92 Å². The van der Waals surface area contributed by atoms with Gasteiger partial charge in [0.2, 0.25) is 5.91 Å². The molecule has 2 saturated heterocycles. The van der Waals surface area contributed by atoms with Crippen LogP contribution in [0.2, 0.25) is 0 Å². The Morgan fingerprint density at radius 3 is 2.90 bits per heavy atom. The van der Waals surface area contributed by atoms with E-state index in [1.165, 1.54) is 0 Å². The Hall–Kier alpha value is -1.96. The highest BCUT2D eigenvalue weighted by Gasteiger charge is 2.66. The second-order valence-corrected chi connectivity index (χ2v) is 9.66. The van der Waals surface area contributed by atoms with Crippen LogP contribution < -0.4 is 10.2 Å². The molecule has 1 N–H and O–H groups in total. The highest BCUT2D eigenvalue weighted by atomic mass is 32.2. The first-order valence-corrected chi connectivity index (χ1v) is 12.1. The van der Waals surface area contributed by atoms with E-state index in [4.69, 9.17) is 0 Å². The summed E-state index contributed by atoms with van der Waals surface area (Å²) in [6.45, 7) is 0. The van der Waals surface area contributed by atoms with Gasteiger partial charge in [0.25, 0.3) is 5.91 Å². The van der Waals surface area contributed by atoms with Crippen molar-refractivity contribution in [3.63, 3.8) is 0 Å². The van der Waals surface area contributed by atoms with Crippen LogP contribution in [0.4, 0.5) is 11.4 Å². The van der Waals surface area contributed by atoms with Gasteiger partial charge >= 0.3 is 0 Å². The van der Waals surface area contributed by atoms with Gasteiger partial charge in [-0.1, -0.05) is 24.3 Å². The molecule has 0 aromatic heterocycles. The molecule has 7 heteroatoms. The van der Waals surface area contributed by atoms with Crippen LogP contribution in [-0.4, -0.2) is 47.7 Å². The van der Waals surface area contributed by atoms with Gasteiger partial charge in [0.1, 0.15) is 5.54 Å². The van der Waals surface area contributed by atoms with Crippen LogP contribution in [0.3, 0.4) is 0 Å². The van der Waals surface area contributed by atoms with E-state index in [2.05, 4.69) is 10.2 Å². The smallest absolute Gasteiger partial charge is 0.252 e. The minimum absolute atomic E-state index is 0.0155. The number of hydrogen-bond donors (Lipinski definition) is 1. The second kappa shape index (κ2) is 7.07. The maximum absolute atomic E-state index is 13.7. The lowest BCUT2D eigenvalue weighted by atomic mass is 9.79. The number of hydrogen-bond acceptors (Lipinski definition) is 5. The van der Waals surface area contributed by atoms with Crippen LogP contribution >= 0.6 is 23.5 Å². The van der Waals surface area contributed by atoms with Crippen molar-refractivity contribution >= 4 is 46.7 Å². The number of nitrogens with one attached hydrogen (secondary N) is 1. The zero-order chi connectivity index (χ0) is 20.2. The number of thioether (sulfide) groups is 2. The summed E-state index contributed by atoms with van der Waals surface area (Å²) in [6.07, 6.45) is 2.72. The summed E-state index contributed by atoms with van der Waals surface area (Å²) < 4.78 is 0. The summed E-state index contributed by atoms with van der Waals surface area (Å²) in [5.41, 5.74) is 1.76. The molecule has 2 amide bonds. The number of anilines is 2. The summed E-state index contributed by atoms with van der Waals surface area (Å²) in [7, 11) is 1.82. The quantitative estimate of drug-likeness (QED) is 0.762. The van der Waals surface area contributed by atoms with Crippen LogP contribution in [0.25, 0.3) is 0 Å². The fourth-order valence-corrected chi connectivity index (χ4v) is 6.88. The van der Waals surface area contributed by atoms with Crippen molar-refractivity contribution in [1.29, 1.82) is 0 Å². The van der Waals surface area contributed by atoms with Crippen molar-refractivity contribution < 1.29 is 9.59 Å². The molecule has 5 rings (SSSR count). The van der Waals surface area contributed by atoms with E-state index < -0.39 is 11.5 Å². The van der Waals surface area contributed by atoms with E-state index in [-0.39, 0.29) is 17.9 Å².